The summed E-state index contributed by atoms with van der Waals surface area (Å²) in [6, 6.07) is 0. The molecule has 0 heterocycles. The zero-order valence-corrected chi connectivity index (χ0v) is 11.0. The standard InChI is InChI=1S/C14H24O/c1-13(2,3)11-7-9-12(10-8-11)15-14(4,5)6/h7,9H,8,10H2,1-6H3. The predicted molar refractivity (Wildman–Crippen MR) is 65.7 cm³/mol. The summed E-state index contributed by atoms with van der Waals surface area (Å²) < 4.78 is 5.86. The summed E-state index contributed by atoms with van der Waals surface area (Å²) in [6.07, 6.45) is 6.53. The van der Waals surface area contributed by atoms with Gasteiger partial charge in [0.15, 0.2) is 0 Å². The zero-order chi connectivity index (χ0) is 11.7. The molecule has 0 aromatic rings. The van der Waals surface area contributed by atoms with Gasteiger partial charge in [0.1, 0.15) is 5.60 Å². The van der Waals surface area contributed by atoms with Crippen LogP contribution in [-0.4, -0.2) is 5.60 Å². The molecule has 1 nitrogen and oxygen atoms in total. The van der Waals surface area contributed by atoms with E-state index >= 15 is 0 Å². The molecule has 0 aromatic heterocycles. The largest absolute Gasteiger partial charge is 0.492 e. The van der Waals surface area contributed by atoms with Gasteiger partial charge in [-0.15, -0.1) is 0 Å². The Morgan fingerprint density at radius 3 is 1.87 bits per heavy atom. The third-order valence-corrected chi connectivity index (χ3v) is 2.51. The fourth-order valence-electron chi connectivity index (χ4n) is 1.72. The fourth-order valence-corrected chi connectivity index (χ4v) is 1.72. The monoisotopic (exact) mass is 208 g/mol. The first-order valence-corrected chi connectivity index (χ1v) is 5.78. The topological polar surface area (TPSA) is 9.23 Å². The van der Waals surface area contributed by atoms with E-state index in [4.69, 9.17) is 4.74 Å². The highest BCUT2D eigenvalue weighted by Gasteiger charge is 2.21. The molecular formula is C14H24O. The maximum Gasteiger partial charge on any atom is 0.100 e. The number of hydrogen-bond acceptors (Lipinski definition) is 1. The Morgan fingerprint density at radius 2 is 1.53 bits per heavy atom. The summed E-state index contributed by atoms with van der Waals surface area (Å²) >= 11 is 0. The molecule has 15 heavy (non-hydrogen) atoms. The van der Waals surface area contributed by atoms with Crippen LogP contribution in [0.25, 0.3) is 0 Å². The molecule has 1 aliphatic carbocycles. The highest BCUT2D eigenvalue weighted by atomic mass is 16.5. The van der Waals surface area contributed by atoms with Crippen LogP contribution in [0.15, 0.2) is 23.5 Å². The molecule has 0 radical (unpaired) electrons. The van der Waals surface area contributed by atoms with E-state index in [2.05, 4.69) is 53.7 Å². The normalized spacial score (nSPS) is 18.3. The lowest BCUT2D eigenvalue weighted by Gasteiger charge is -2.29. The minimum Gasteiger partial charge on any atom is -0.492 e. The lowest BCUT2D eigenvalue weighted by Crippen LogP contribution is -2.20. The first kappa shape index (κ1) is 12.4. The van der Waals surface area contributed by atoms with E-state index in [1.54, 1.807) is 0 Å². The van der Waals surface area contributed by atoms with Crippen LogP contribution in [0.4, 0.5) is 0 Å². The van der Waals surface area contributed by atoms with Gasteiger partial charge in [0, 0.05) is 6.42 Å². The van der Waals surface area contributed by atoms with Crippen LogP contribution >= 0.6 is 0 Å². The summed E-state index contributed by atoms with van der Waals surface area (Å²) in [5, 5.41) is 0. The van der Waals surface area contributed by atoms with E-state index in [0.717, 1.165) is 18.6 Å². The first-order chi connectivity index (χ1) is 6.68. The van der Waals surface area contributed by atoms with E-state index in [0.29, 0.717) is 5.41 Å². The van der Waals surface area contributed by atoms with Crippen LogP contribution in [0.2, 0.25) is 0 Å². The number of hydrogen-bond donors (Lipinski definition) is 0. The van der Waals surface area contributed by atoms with Crippen molar-refractivity contribution in [2.45, 2.75) is 60.0 Å². The number of allylic oxidation sites excluding steroid dienone is 4. The molecule has 1 heteroatoms. The van der Waals surface area contributed by atoms with Crippen molar-refractivity contribution in [3.05, 3.63) is 23.5 Å². The summed E-state index contributed by atoms with van der Waals surface area (Å²) in [4.78, 5) is 0. The van der Waals surface area contributed by atoms with E-state index in [-0.39, 0.29) is 5.60 Å². The second kappa shape index (κ2) is 4.03. The molecule has 0 amide bonds. The van der Waals surface area contributed by atoms with Gasteiger partial charge in [-0.05, 0) is 38.7 Å². The molecule has 1 rings (SSSR count). The van der Waals surface area contributed by atoms with E-state index < -0.39 is 0 Å². The van der Waals surface area contributed by atoms with Crippen molar-refractivity contribution < 1.29 is 4.74 Å². The zero-order valence-electron chi connectivity index (χ0n) is 11.0. The predicted octanol–water partition coefficient (Wildman–Crippen LogP) is 4.45. The smallest absolute Gasteiger partial charge is 0.100 e. The van der Waals surface area contributed by atoms with Crippen molar-refractivity contribution in [2.75, 3.05) is 0 Å². The lowest BCUT2D eigenvalue weighted by atomic mass is 9.81. The van der Waals surface area contributed by atoms with Gasteiger partial charge in [0.2, 0.25) is 0 Å². The Balaban J connectivity index is 2.69. The highest BCUT2D eigenvalue weighted by Crippen LogP contribution is 2.34. The van der Waals surface area contributed by atoms with Crippen molar-refractivity contribution >= 4 is 0 Å². The number of ether oxygens (including phenoxy) is 1. The Labute approximate surface area is 94.2 Å². The van der Waals surface area contributed by atoms with Crippen LogP contribution in [0.3, 0.4) is 0 Å². The quantitative estimate of drug-likeness (QED) is 0.618. The van der Waals surface area contributed by atoms with Gasteiger partial charge < -0.3 is 4.74 Å². The maximum atomic E-state index is 5.86. The Hall–Kier alpha value is -0.720. The molecule has 0 N–H and O–H groups in total. The third kappa shape index (κ3) is 4.11. The molecule has 0 fully saturated rings. The second-order valence-electron chi connectivity index (χ2n) is 6.29. The van der Waals surface area contributed by atoms with E-state index in [1.807, 2.05) is 0 Å². The van der Waals surface area contributed by atoms with E-state index in [9.17, 15) is 0 Å². The molecule has 0 atom stereocenters. The van der Waals surface area contributed by atoms with Gasteiger partial charge in [-0.3, -0.25) is 0 Å². The van der Waals surface area contributed by atoms with Gasteiger partial charge in [-0.2, -0.15) is 0 Å². The third-order valence-electron chi connectivity index (χ3n) is 2.51. The summed E-state index contributed by atoms with van der Waals surface area (Å²) in [6.45, 7) is 13.1. The van der Waals surface area contributed by atoms with Crippen molar-refractivity contribution in [3.8, 4) is 0 Å². The lowest BCUT2D eigenvalue weighted by molar-refractivity contribution is 0.0461. The minimum atomic E-state index is -0.0705. The van der Waals surface area contributed by atoms with Crippen LogP contribution in [0.5, 0.6) is 0 Å². The first-order valence-electron chi connectivity index (χ1n) is 5.78. The molecule has 0 spiro atoms. The molecule has 0 unspecified atom stereocenters. The van der Waals surface area contributed by atoms with Gasteiger partial charge >= 0.3 is 0 Å². The molecule has 0 aliphatic heterocycles. The van der Waals surface area contributed by atoms with E-state index in [1.165, 1.54) is 5.57 Å². The summed E-state index contributed by atoms with van der Waals surface area (Å²) in [5.74, 6) is 1.12. The second-order valence-corrected chi connectivity index (χ2v) is 6.29. The Kier molecular flexibility index (Phi) is 3.32. The number of rotatable bonds is 1. The van der Waals surface area contributed by atoms with Crippen LogP contribution in [-0.2, 0) is 4.74 Å². The molecule has 0 bridgehead atoms. The van der Waals surface area contributed by atoms with Crippen LogP contribution < -0.4 is 0 Å². The van der Waals surface area contributed by atoms with Crippen LogP contribution in [0, 0.1) is 5.41 Å². The molecular weight excluding hydrogens is 184 g/mol. The van der Waals surface area contributed by atoms with Gasteiger partial charge in [-0.25, -0.2) is 0 Å². The highest BCUT2D eigenvalue weighted by molar-refractivity contribution is 5.25. The average molecular weight is 208 g/mol. The van der Waals surface area contributed by atoms with Crippen molar-refractivity contribution in [1.82, 2.24) is 0 Å². The van der Waals surface area contributed by atoms with Crippen LogP contribution in [0.1, 0.15) is 54.4 Å². The Morgan fingerprint density at radius 1 is 0.933 bits per heavy atom. The molecule has 0 aromatic carbocycles. The van der Waals surface area contributed by atoms with Gasteiger partial charge in [0.25, 0.3) is 0 Å². The summed E-state index contributed by atoms with van der Waals surface area (Å²) in [7, 11) is 0. The molecule has 1 aliphatic rings. The van der Waals surface area contributed by atoms with Gasteiger partial charge in [0.05, 0.1) is 5.76 Å². The Bertz CT molecular complexity index is 281. The SMILES string of the molecule is CC(C)(C)OC1=CC=C(C(C)(C)C)CC1. The molecule has 0 saturated carbocycles. The van der Waals surface area contributed by atoms with Crippen molar-refractivity contribution in [1.29, 1.82) is 0 Å². The van der Waals surface area contributed by atoms with Crippen molar-refractivity contribution in [2.24, 2.45) is 5.41 Å². The summed E-state index contributed by atoms with van der Waals surface area (Å²) in [5.41, 5.74) is 1.74. The molecule has 86 valence electrons. The fraction of sp³-hybridized carbons (Fsp3) is 0.714. The maximum absolute atomic E-state index is 5.86. The average Bonchev–Trinajstić information content (AvgIpc) is 2.00. The molecule has 0 saturated heterocycles. The van der Waals surface area contributed by atoms with Gasteiger partial charge in [-0.1, -0.05) is 32.4 Å². The van der Waals surface area contributed by atoms with Crippen molar-refractivity contribution in [3.63, 3.8) is 0 Å². The minimum absolute atomic E-state index is 0.0705.